The largest absolute Gasteiger partial charge is 0.494 e. The third-order valence-corrected chi connectivity index (χ3v) is 8.41. The third kappa shape index (κ3) is 9.33. The van der Waals surface area contributed by atoms with Gasteiger partial charge in [0.15, 0.2) is 5.82 Å². The van der Waals surface area contributed by atoms with Crippen LogP contribution < -0.4 is 15.4 Å². The van der Waals surface area contributed by atoms with Crippen LogP contribution in [0.4, 0.5) is 0 Å². The SMILES string of the molecule is CCOc1ccc(/C=C/c2cnc(-c3ccc(CC(NC(=O)c4ccc(C(C)(C)C)s4)C(=O)N[C@H](C)C(=O)O)cc3)nc2)cc1. The molecule has 0 aliphatic heterocycles. The molecule has 234 valence electrons. The maximum absolute atomic E-state index is 13.1. The van der Waals surface area contributed by atoms with E-state index in [2.05, 4.69) is 41.4 Å². The van der Waals surface area contributed by atoms with Crippen LogP contribution in [0.1, 0.15) is 65.9 Å². The first-order valence-electron chi connectivity index (χ1n) is 14.7. The molecule has 2 aromatic carbocycles. The zero-order valence-corrected chi connectivity index (χ0v) is 26.9. The van der Waals surface area contributed by atoms with Gasteiger partial charge in [0, 0.05) is 34.8 Å². The molecule has 0 saturated carbocycles. The van der Waals surface area contributed by atoms with E-state index in [1.54, 1.807) is 18.5 Å². The molecule has 9 nitrogen and oxygen atoms in total. The monoisotopic (exact) mass is 626 g/mol. The Bertz CT molecular complexity index is 1640. The Morgan fingerprint density at radius 2 is 1.56 bits per heavy atom. The van der Waals surface area contributed by atoms with E-state index < -0.39 is 24.0 Å². The van der Waals surface area contributed by atoms with Gasteiger partial charge in [0.05, 0.1) is 11.5 Å². The van der Waals surface area contributed by atoms with Crippen molar-refractivity contribution in [1.29, 1.82) is 0 Å². The molecule has 0 aliphatic rings. The van der Waals surface area contributed by atoms with Gasteiger partial charge in [-0.3, -0.25) is 14.4 Å². The quantitative estimate of drug-likeness (QED) is 0.176. The summed E-state index contributed by atoms with van der Waals surface area (Å²) in [6, 6.07) is 16.8. The fourth-order valence-corrected chi connectivity index (χ4v) is 5.28. The highest BCUT2D eigenvalue weighted by Gasteiger charge is 2.26. The highest BCUT2D eigenvalue weighted by molar-refractivity contribution is 7.14. The van der Waals surface area contributed by atoms with Crippen LogP contribution in [0.3, 0.4) is 0 Å². The molecule has 0 aliphatic carbocycles. The first-order valence-corrected chi connectivity index (χ1v) is 15.5. The normalized spacial score (nSPS) is 12.8. The second-order valence-electron chi connectivity index (χ2n) is 11.6. The first kappa shape index (κ1) is 33.1. The number of rotatable bonds is 12. The van der Waals surface area contributed by atoms with Crippen LogP contribution in [0.15, 0.2) is 73.1 Å². The molecule has 0 fully saturated rings. The predicted molar refractivity (Wildman–Crippen MR) is 177 cm³/mol. The zero-order chi connectivity index (χ0) is 32.6. The van der Waals surface area contributed by atoms with E-state index in [0.717, 1.165) is 32.9 Å². The number of aliphatic carboxylic acids is 1. The highest BCUT2D eigenvalue weighted by Crippen LogP contribution is 2.29. The lowest BCUT2D eigenvalue weighted by Crippen LogP contribution is -2.51. The number of hydrogen-bond donors (Lipinski definition) is 3. The number of carboxylic acid groups (broad SMARTS) is 1. The lowest BCUT2D eigenvalue weighted by Gasteiger charge is -2.20. The summed E-state index contributed by atoms with van der Waals surface area (Å²) in [7, 11) is 0. The lowest BCUT2D eigenvalue weighted by atomic mass is 9.95. The number of nitrogens with one attached hydrogen (secondary N) is 2. The second kappa shape index (κ2) is 14.8. The summed E-state index contributed by atoms with van der Waals surface area (Å²) < 4.78 is 5.48. The van der Waals surface area contributed by atoms with Crippen molar-refractivity contribution in [3.63, 3.8) is 0 Å². The van der Waals surface area contributed by atoms with E-state index in [0.29, 0.717) is 17.3 Å². The number of hydrogen-bond acceptors (Lipinski definition) is 7. The topological polar surface area (TPSA) is 131 Å². The van der Waals surface area contributed by atoms with Crippen LogP contribution in [0, 0.1) is 0 Å². The molecule has 3 N–H and O–H groups in total. The van der Waals surface area contributed by atoms with E-state index in [1.165, 1.54) is 18.3 Å². The summed E-state index contributed by atoms with van der Waals surface area (Å²) in [5.41, 5.74) is 3.34. The molecular weight excluding hydrogens is 588 g/mol. The van der Waals surface area contributed by atoms with Gasteiger partial charge in [0.1, 0.15) is 17.8 Å². The minimum absolute atomic E-state index is 0.115. The van der Waals surface area contributed by atoms with Gasteiger partial charge in [-0.15, -0.1) is 11.3 Å². The number of carbonyl (C=O) groups is 3. The molecule has 2 aromatic heterocycles. The highest BCUT2D eigenvalue weighted by atomic mass is 32.1. The van der Waals surface area contributed by atoms with Crippen molar-refractivity contribution in [3.8, 4) is 17.1 Å². The Balaban J connectivity index is 1.44. The average molecular weight is 627 g/mol. The van der Waals surface area contributed by atoms with Gasteiger partial charge in [-0.1, -0.05) is 69.3 Å². The van der Waals surface area contributed by atoms with E-state index in [-0.39, 0.29) is 17.7 Å². The molecule has 2 atom stereocenters. The summed E-state index contributed by atoms with van der Waals surface area (Å²) in [6.45, 7) is 10.1. The third-order valence-electron chi connectivity index (χ3n) is 6.90. The van der Waals surface area contributed by atoms with Gasteiger partial charge < -0.3 is 20.5 Å². The van der Waals surface area contributed by atoms with Crippen LogP contribution in [0.25, 0.3) is 23.5 Å². The Labute approximate surface area is 267 Å². The van der Waals surface area contributed by atoms with Gasteiger partial charge >= 0.3 is 5.97 Å². The minimum Gasteiger partial charge on any atom is -0.494 e. The van der Waals surface area contributed by atoms with Gasteiger partial charge in [-0.2, -0.15) is 0 Å². The first-order chi connectivity index (χ1) is 21.4. The minimum atomic E-state index is -1.16. The molecule has 0 saturated heterocycles. The Morgan fingerprint density at radius 3 is 2.13 bits per heavy atom. The van der Waals surface area contributed by atoms with Gasteiger partial charge in [-0.25, -0.2) is 9.97 Å². The number of carboxylic acids is 1. The Kier molecular flexibility index (Phi) is 10.9. The van der Waals surface area contributed by atoms with Crippen molar-refractivity contribution >= 4 is 41.3 Å². The van der Waals surface area contributed by atoms with Crippen molar-refractivity contribution in [3.05, 3.63) is 99.5 Å². The summed E-state index contributed by atoms with van der Waals surface area (Å²) in [5.74, 6) is -0.751. The molecule has 2 amide bonds. The number of ether oxygens (including phenoxy) is 1. The zero-order valence-electron chi connectivity index (χ0n) is 26.0. The molecule has 10 heteroatoms. The predicted octanol–water partition coefficient (Wildman–Crippen LogP) is 6.00. The van der Waals surface area contributed by atoms with E-state index in [4.69, 9.17) is 4.74 Å². The molecule has 1 unspecified atom stereocenters. The maximum atomic E-state index is 13.1. The molecule has 0 spiro atoms. The summed E-state index contributed by atoms with van der Waals surface area (Å²) >= 11 is 1.37. The van der Waals surface area contributed by atoms with Gasteiger partial charge in [0.2, 0.25) is 5.91 Å². The number of carbonyl (C=O) groups excluding carboxylic acids is 2. The smallest absolute Gasteiger partial charge is 0.325 e. The Hall–Kier alpha value is -4.83. The summed E-state index contributed by atoms with van der Waals surface area (Å²) in [5, 5.41) is 14.6. The van der Waals surface area contributed by atoms with Crippen molar-refractivity contribution < 1.29 is 24.2 Å². The Morgan fingerprint density at radius 1 is 0.911 bits per heavy atom. The number of nitrogens with zero attached hydrogens (tertiary/aromatic N) is 2. The fraction of sp³-hybridized carbons (Fsp3) is 0.286. The fourth-order valence-electron chi connectivity index (χ4n) is 4.31. The molecule has 2 heterocycles. The van der Waals surface area contributed by atoms with E-state index >= 15 is 0 Å². The van der Waals surface area contributed by atoms with Crippen molar-refractivity contribution in [2.24, 2.45) is 0 Å². The van der Waals surface area contributed by atoms with Crippen LogP contribution in [0.2, 0.25) is 0 Å². The van der Waals surface area contributed by atoms with E-state index in [9.17, 15) is 19.5 Å². The second-order valence-corrected chi connectivity index (χ2v) is 12.7. The molecule has 4 aromatic rings. The summed E-state index contributed by atoms with van der Waals surface area (Å²) in [4.78, 5) is 48.1. The lowest BCUT2D eigenvalue weighted by molar-refractivity contribution is -0.141. The molecular formula is C35H38N4O5S. The number of thiophene rings is 1. The molecule has 0 radical (unpaired) electrons. The number of aromatic nitrogens is 2. The number of amides is 2. The standard InChI is InChI=1S/C35H38N4O5S/c1-6-44-27-15-11-23(12-16-27)7-8-25-20-36-31(37-21-25)26-13-9-24(10-14-26)19-28(32(40)38-22(2)34(42)43)39-33(41)29-17-18-30(45-29)35(3,4)5/h7-18,20-22,28H,6,19H2,1-5H3,(H,38,40)(H,39,41)(H,42,43)/b8-7+/t22-,28?/m1/s1. The van der Waals surface area contributed by atoms with Gasteiger partial charge in [0.25, 0.3) is 5.91 Å². The molecule has 45 heavy (non-hydrogen) atoms. The van der Waals surface area contributed by atoms with Crippen LogP contribution in [-0.4, -0.2) is 51.5 Å². The van der Waals surface area contributed by atoms with Crippen LogP contribution in [-0.2, 0) is 21.4 Å². The van der Waals surface area contributed by atoms with Crippen molar-refractivity contribution in [1.82, 2.24) is 20.6 Å². The van der Waals surface area contributed by atoms with Crippen molar-refractivity contribution in [2.45, 2.75) is 58.5 Å². The summed E-state index contributed by atoms with van der Waals surface area (Å²) in [6.07, 6.45) is 7.57. The average Bonchev–Trinajstić information content (AvgIpc) is 3.53. The van der Waals surface area contributed by atoms with Gasteiger partial charge in [-0.05, 0) is 54.7 Å². The number of benzene rings is 2. The molecule has 0 bridgehead atoms. The van der Waals surface area contributed by atoms with Crippen LogP contribution >= 0.6 is 11.3 Å². The van der Waals surface area contributed by atoms with E-state index in [1.807, 2.05) is 73.7 Å². The van der Waals surface area contributed by atoms with Crippen LogP contribution in [0.5, 0.6) is 5.75 Å². The van der Waals surface area contributed by atoms with Crippen molar-refractivity contribution in [2.75, 3.05) is 6.61 Å². The maximum Gasteiger partial charge on any atom is 0.325 e. The molecule has 4 rings (SSSR count).